The summed E-state index contributed by atoms with van der Waals surface area (Å²) in [6, 6.07) is 14.9. The molecule has 3 aromatic rings. The molecule has 2 amide bonds. The van der Waals surface area contributed by atoms with Crippen LogP contribution in [0.25, 0.3) is 0 Å². The Morgan fingerprint density at radius 3 is 2.67 bits per heavy atom. The lowest BCUT2D eigenvalue weighted by Crippen LogP contribution is -2.33. The van der Waals surface area contributed by atoms with Crippen molar-refractivity contribution in [2.45, 2.75) is 25.4 Å². The van der Waals surface area contributed by atoms with Gasteiger partial charge in [0.05, 0.1) is 6.04 Å². The Bertz CT molecular complexity index is 1120. The Morgan fingerprint density at radius 1 is 1.17 bits per heavy atom. The number of hydrogen-bond donors (Lipinski definition) is 1. The molecule has 7 heteroatoms. The molecule has 0 saturated carbocycles. The topological polar surface area (TPSA) is 76.3 Å². The van der Waals surface area contributed by atoms with Crippen molar-refractivity contribution in [3.05, 3.63) is 99.6 Å². The van der Waals surface area contributed by atoms with Crippen molar-refractivity contribution < 1.29 is 14.0 Å². The highest BCUT2D eigenvalue weighted by molar-refractivity contribution is 6.30. The standard InChI is InChI=1S/C23H19ClFN3O2/c24-16-11-18-17(19(25)12-16)6-7-21(18)28(23(30)15-4-2-1-3-5-15)13-14-8-9-27-20(10-14)22(26)29/h1-5,8-12,21H,6-7,13H2,(H2,26,29)/t21-/m1/s1. The molecule has 0 spiro atoms. The van der Waals surface area contributed by atoms with Gasteiger partial charge in [-0.05, 0) is 65.9 Å². The van der Waals surface area contributed by atoms with Gasteiger partial charge in [-0.3, -0.25) is 14.6 Å². The van der Waals surface area contributed by atoms with Crippen LogP contribution in [0.1, 0.15) is 50.0 Å². The average Bonchev–Trinajstić information content (AvgIpc) is 3.16. The van der Waals surface area contributed by atoms with Crippen molar-refractivity contribution in [2.24, 2.45) is 5.73 Å². The number of amides is 2. The first-order valence-corrected chi connectivity index (χ1v) is 9.90. The molecule has 1 aliphatic carbocycles. The van der Waals surface area contributed by atoms with Gasteiger partial charge in [0, 0.05) is 23.3 Å². The van der Waals surface area contributed by atoms with Crippen LogP contribution in [0, 0.1) is 5.82 Å². The minimum absolute atomic E-state index is 0.125. The molecule has 152 valence electrons. The summed E-state index contributed by atoms with van der Waals surface area (Å²) in [5, 5.41) is 0.296. The molecule has 0 unspecified atom stereocenters. The normalized spacial score (nSPS) is 14.9. The van der Waals surface area contributed by atoms with E-state index in [1.165, 1.54) is 12.3 Å². The Kier molecular flexibility index (Phi) is 5.50. The molecule has 0 radical (unpaired) electrons. The van der Waals surface area contributed by atoms with Crippen LogP contribution in [0.3, 0.4) is 0 Å². The van der Waals surface area contributed by atoms with E-state index in [1.807, 2.05) is 6.07 Å². The maximum atomic E-state index is 14.4. The van der Waals surface area contributed by atoms with Crippen LogP contribution < -0.4 is 5.73 Å². The van der Waals surface area contributed by atoms with Crippen molar-refractivity contribution in [1.29, 1.82) is 0 Å². The third-order valence-corrected chi connectivity index (χ3v) is 5.53. The van der Waals surface area contributed by atoms with Crippen molar-refractivity contribution in [2.75, 3.05) is 0 Å². The first kappa shape index (κ1) is 20.0. The number of carbonyl (C=O) groups is 2. The summed E-state index contributed by atoms with van der Waals surface area (Å²) in [7, 11) is 0. The smallest absolute Gasteiger partial charge is 0.267 e. The number of primary amides is 1. The second-order valence-electron chi connectivity index (χ2n) is 7.22. The number of nitrogens with two attached hydrogens (primary N) is 1. The van der Waals surface area contributed by atoms with Gasteiger partial charge < -0.3 is 10.6 Å². The van der Waals surface area contributed by atoms with E-state index in [0.717, 1.165) is 0 Å². The Labute approximate surface area is 178 Å². The van der Waals surface area contributed by atoms with Crippen molar-refractivity contribution in [1.82, 2.24) is 9.88 Å². The number of fused-ring (bicyclic) bond motifs is 1. The number of carbonyl (C=O) groups excluding carboxylic acids is 2. The van der Waals surface area contributed by atoms with E-state index in [1.54, 1.807) is 47.4 Å². The maximum Gasteiger partial charge on any atom is 0.267 e. The minimum Gasteiger partial charge on any atom is -0.364 e. The van der Waals surface area contributed by atoms with E-state index in [4.69, 9.17) is 17.3 Å². The maximum absolute atomic E-state index is 14.4. The lowest BCUT2D eigenvalue weighted by Gasteiger charge is -2.30. The van der Waals surface area contributed by atoms with Crippen LogP contribution in [0.2, 0.25) is 5.02 Å². The van der Waals surface area contributed by atoms with Gasteiger partial charge in [0.2, 0.25) is 0 Å². The molecular weight excluding hydrogens is 405 g/mol. The van der Waals surface area contributed by atoms with Crippen molar-refractivity contribution in [3.63, 3.8) is 0 Å². The molecule has 0 aliphatic heterocycles. The molecular formula is C23H19ClFN3O2. The van der Waals surface area contributed by atoms with Gasteiger partial charge in [-0.2, -0.15) is 0 Å². The molecule has 4 rings (SSSR count). The fourth-order valence-electron chi connectivity index (χ4n) is 3.92. The van der Waals surface area contributed by atoms with E-state index in [0.29, 0.717) is 40.1 Å². The molecule has 0 saturated heterocycles. The Balaban J connectivity index is 1.75. The van der Waals surface area contributed by atoms with E-state index >= 15 is 0 Å². The third kappa shape index (κ3) is 3.91. The number of benzene rings is 2. The minimum atomic E-state index is -0.641. The average molecular weight is 424 g/mol. The summed E-state index contributed by atoms with van der Waals surface area (Å²) in [5.74, 6) is -1.18. The fraction of sp³-hybridized carbons (Fsp3) is 0.174. The van der Waals surface area contributed by atoms with E-state index in [-0.39, 0.29) is 30.0 Å². The number of hydrogen-bond acceptors (Lipinski definition) is 3. The molecule has 2 N–H and O–H groups in total. The number of nitrogens with zero attached hydrogens (tertiary/aromatic N) is 2. The van der Waals surface area contributed by atoms with Crippen LogP contribution in [0.4, 0.5) is 4.39 Å². The fourth-order valence-corrected chi connectivity index (χ4v) is 4.13. The van der Waals surface area contributed by atoms with Gasteiger partial charge in [-0.15, -0.1) is 0 Å². The second-order valence-corrected chi connectivity index (χ2v) is 7.66. The lowest BCUT2D eigenvalue weighted by atomic mass is 10.0. The highest BCUT2D eigenvalue weighted by atomic mass is 35.5. The van der Waals surface area contributed by atoms with Crippen molar-refractivity contribution in [3.8, 4) is 0 Å². The van der Waals surface area contributed by atoms with Crippen LogP contribution in [0.5, 0.6) is 0 Å². The predicted molar refractivity (Wildman–Crippen MR) is 112 cm³/mol. The summed E-state index contributed by atoms with van der Waals surface area (Å²) in [5.41, 5.74) is 8.01. The zero-order chi connectivity index (χ0) is 21.3. The van der Waals surface area contributed by atoms with E-state index in [9.17, 15) is 14.0 Å². The second kappa shape index (κ2) is 8.24. The molecule has 2 aromatic carbocycles. The van der Waals surface area contributed by atoms with E-state index < -0.39 is 5.91 Å². The zero-order valence-electron chi connectivity index (χ0n) is 16.0. The molecule has 1 aromatic heterocycles. The molecule has 1 heterocycles. The number of aromatic nitrogens is 1. The lowest BCUT2D eigenvalue weighted by molar-refractivity contribution is 0.0658. The van der Waals surface area contributed by atoms with Crippen LogP contribution in [-0.4, -0.2) is 21.7 Å². The quantitative estimate of drug-likeness (QED) is 0.664. The van der Waals surface area contributed by atoms with Gasteiger partial charge in [0.1, 0.15) is 11.5 Å². The predicted octanol–water partition coefficient (Wildman–Crippen LogP) is 4.30. The SMILES string of the molecule is NC(=O)c1cc(CN(C(=O)c2ccccc2)[C@@H]2CCc3c(F)cc(Cl)cc32)ccn1. The highest BCUT2D eigenvalue weighted by Gasteiger charge is 2.33. The largest absolute Gasteiger partial charge is 0.364 e. The summed E-state index contributed by atoms with van der Waals surface area (Å²) >= 11 is 6.11. The van der Waals surface area contributed by atoms with Gasteiger partial charge in [0.15, 0.2) is 0 Å². The number of halogens is 2. The molecule has 1 aliphatic rings. The molecule has 0 fully saturated rings. The van der Waals surface area contributed by atoms with E-state index in [2.05, 4.69) is 4.98 Å². The van der Waals surface area contributed by atoms with Crippen molar-refractivity contribution >= 4 is 23.4 Å². The van der Waals surface area contributed by atoms with Crippen LogP contribution >= 0.6 is 11.6 Å². The first-order chi connectivity index (χ1) is 14.4. The molecule has 5 nitrogen and oxygen atoms in total. The van der Waals surface area contributed by atoms with Gasteiger partial charge in [0.25, 0.3) is 11.8 Å². The zero-order valence-corrected chi connectivity index (χ0v) is 16.8. The van der Waals surface area contributed by atoms with Gasteiger partial charge >= 0.3 is 0 Å². The van der Waals surface area contributed by atoms with Gasteiger partial charge in [-0.1, -0.05) is 29.8 Å². The summed E-state index contributed by atoms with van der Waals surface area (Å²) in [6.45, 7) is 0.217. The summed E-state index contributed by atoms with van der Waals surface area (Å²) in [4.78, 5) is 30.6. The van der Waals surface area contributed by atoms with Gasteiger partial charge in [-0.25, -0.2) is 4.39 Å². The molecule has 30 heavy (non-hydrogen) atoms. The molecule has 1 atom stereocenters. The van der Waals surface area contributed by atoms with Crippen LogP contribution in [-0.2, 0) is 13.0 Å². The van der Waals surface area contributed by atoms with Crippen LogP contribution in [0.15, 0.2) is 60.8 Å². The first-order valence-electron chi connectivity index (χ1n) is 9.52. The highest BCUT2D eigenvalue weighted by Crippen LogP contribution is 2.40. The summed E-state index contributed by atoms with van der Waals surface area (Å²) < 4.78 is 14.4. The Hall–Kier alpha value is -3.25. The third-order valence-electron chi connectivity index (χ3n) is 5.31. The monoisotopic (exact) mass is 423 g/mol. The summed E-state index contributed by atoms with van der Waals surface area (Å²) in [6.07, 6.45) is 2.59. The number of rotatable bonds is 5. The number of pyridine rings is 1. The molecule has 0 bridgehead atoms. The Morgan fingerprint density at radius 2 is 1.93 bits per heavy atom.